The molecule has 0 aliphatic carbocycles. The molecule has 1 saturated heterocycles. The van der Waals surface area contributed by atoms with Gasteiger partial charge in [-0.3, -0.25) is 9.59 Å². The molecule has 1 aliphatic heterocycles. The van der Waals surface area contributed by atoms with Gasteiger partial charge in [0.15, 0.2) is 0 Å². The standard InChI is InChI=1S/C20H24N2O3/c1-3-14-7-5-8-15(4-2)19(14)22-13-16(11-18(22)23)20(24)21-12-17-9-6-10-25-17/h5-10,16H,3-4,11-13H2,1-2H3,(H,21,24). The van der Waals surface area contributed by atoms with Crippen LogP contribution in [0.15, 0.2) is 41.0 Å². The van der Waals surface area contributed by atoms with Crippen molar-refractivity contribution < 1.29 is 14.0 Å². The van der Waals surface area contributed by atoms with E-state index in [4.69, 9.17) is 4.42 Å². The lowest BCUT2D eigenvalue weighted by molar-refractivity contribution is -0.126. The van der Waals surface area contributed by atoms with Crippen molar-refractivity contribution in [3.05, 3.63) is 53.5 Å². The average molecular weight is 340 g/mol. The lowest BCUT2D eigenvalue weighted by Crippen LogP contribution is -2.33. The number of furan rings is 1. The highest BCUT2D eigenvalue weighted by atomic mass is 16.3. The van der Waals surface area contributed by atoms with Crippen LogP contribution in [0.25, 0.3) is 0 Å². The van der Waals surface area contributed by atoms with Crippen LogP contribution in [0.5, 0.6) is 0 Å². The summed E-state index contributed by atoms with van der Waals surface area (Å²) in [4.78, 5) is 26.8. The van der Waals surface area contributed by atoms with Gasteiger partial charge in [-0.25, -0.2) is 0 Å². The predicted molar refractivity (Wildman–Crippen MR) is 96.2 cm³/mol. The van der Waals surface area contributed by atoms with Crippen molar-refractivity contribution in [3.8, 4) is 0 Å². The fraction of sp³-hybridized carbons (Fsp3) is 0.400. The molecule has 3 rings (SSSR count). The minimum atomic E-state index is -0.322. The minimum absolute atomic E-state index is 0.0220. The first-order valence-corrected chi connectivity index (χ1v) is 8.85. The molecule has 0 bridgehead atoms. The quantitative estimate of drug-likeness (QED) is 0.879. The molecule has 25 heavy (non-hydrogen) atoms. The number of carbonyl (C=O) groups excluding carboxylic acids is 2. The van der Waals surface area contributed by atoms with Gasteiger partial charge < -0.3 is 14.6 Å². The summed E-state index contributed by atoms with van der Waals surface area (Å²) < 4.78 is 5.23. The third-order valence-corrected chi connectivity index (χ3v) is 4.75. The van der Waals surface area contributed by atoms with Gasteiger partial charge in [-0.1, -0.05) is 32.0 Å². The molecule has 1 unspecified atom stereocenters. The van der Waals surface area contributed by atoms with Crippen LogP contribution in [0.2, 0.25) is 0 Å². The average Bonchev–Trinajstić information content (AvgIpc) is 3.28. The Kier molecular flexibility index (Phi) is 5.22. The second kappa shape index (κ2) is 7.55. The number of nitrogens with one attached hydrogen (secondary N) is 1. The van der Waals surface area contributed by atoms with E-state index in [1.165, 1.54) is 0 Å². The number of anilines is 1. The zero-order chi connectivity index (χ0) is 17.8. The molecular weight excluding hydrogens is 316 g/mol. The first-order valence-electron chi connectivity index (χ1n) is 8.85. The molecule has 5 heteroatoms. The smallest absolute Gasteiger partial charge is 0.227 e. The third-order valence-electron chi connectivity index (χ3n) is 4.75. The molecule has 0 radical (unpaired) electrons. The monoisotopic (exact) mass is 340 g/mol. The summed E-state index contributed by atoms with van der Waals surface area (Å²) in [6.45, 7) is 4.97. The lowest BCUT2D eigenvalue weighted by atomic mass is 10.0. The molecule has 1 aliphatic rings. The van der Waals surface area contributed by atoms with E-state index in [2.05, 4.69) is 31.3 Å². The molecule has 0 spiro atoms. The van der Waals surface area contributed by atoms with E-state index in [0.29, 0.717) is 18.8 Å². The number of para-hydroxylation sites is 1. The van der Waals surface area contributed by atoms with E-state index in [9.17, 15) is 9.59 Å². The molecule has 0 saturated carbocycles. The third kappa shape index (κ3) is 3.60. The van der Waals surface area contributed by atoms with Crippen LogP contribution >= 0.6 is 0 Å². The zero-order valence-corrected chi connectivity index (χ0v) is 14.7. The summed E-state index contributed by atoms with van der Waals surface area (Å²) in [6, 6.07) is 9.76. The van der Waals surface area contributed by atoms with E-state index in [0.717, 1.165) is 29.7 Å². The molecule has 1 aromatic carbocycles. The van der Waals surface area contributed by atoms with Crippen molar-refractivity contribution in [2.75, 3.05) is 11.4 Å². The van der Waals surface area contributed by atoms with Crippen molar-refractivity contribution >= 4 is 17.5 Å². The van der Waals surface area contributed by atoms with E-state index >= 15 is 0 Å². The maximum absolute atomic E-state index is 12.6. The molecule has 1 aromatic heterocycles. The maximum Gasteiger partial charge on any atom is 0.227 e. The SMILES string of the molecule is CCc1cccc(CC)c1N1CC(C(=O)NCc2ccco2)CC1=O. The van der Waals surface area contributed by atoms with Gasteiger partial charge in [0.05, 0.1) is 18.7 Å². The highest BCUT2D eigenvalue weighted by Gasteiger charge is 2.36. The Hall–Kier alpha value is -2.56. The summed E-state index contributed by atoms with van der Waals surface area (Å²) in [6.07, 6.45) is 3.56. The Morgan fingerprint density at radius 1 is 1.20 bits per heavy atom. The van der Waals surface area contributed by atoms with Crippen molar-refractivity contribution in [1.29, 1.82) is 0 Å². The molecule has 2 amide bonds. The number of nitrogens with zero attached hydrogens (tertiary/aromatic N) is 1. The Morgan fingerprint density at radius 2 is 1.92 bits per heavy atom. The van der Waals surface area contributed by atoms with E-state index < -0.39 is 0 Å². The molecule has 132 valence electrons. The highest BCUT2D eigenvalue weighted by molar-refractivity contribution is 6.01. The van der Waals surface area contributed by atoms with Crippen LogP contribution in [-0.4, -0.2) is 18.4 Å². The summed E-state index contributed by atoms with van der Waals surface area (Å²) in [7, 11) is 0. The van der Waals surface area contributed by atoms with Gasteiger partial charge in [-0.15, -0.1) is 0 Å². The predicted octanol–water partition coefficient (Wildman–Crippen LogP) is 3.07. The number of hydrogen-bond donors (Lipinski definition) is 1. The van der Waals surface area contributed by atoms with Crippen LogP contribution < -0.4 is 10.2 Å². The summed E-state index contributed by atoms with van der Waals surface area (Å²) in [5.74, 6) is 0.309. The topological polar surface area (TPSA) is 62.6 Å². The highest BCUT2D eigenvalue weighted by Crippen LogP contribution is 2.32. The second-order valence-corrected chi connectivity index (χ2v) is 6.33. The molecular formula is C20H24N2O3. The van der Waals surface area contributed by atoms with Crippen LogP contribution in [0, 0.1) is 5.92 Å². The molecule has 2 aromatic rings. The number of carbonyl (C=O) groups is 2. The molecule has 5 nitrogen and oxygen atoms in total. The van der Waals surface area contributed by atoms with Gasteiger partial charge in [-0.05, 0) is 36.1 Å². The fourth-order valence-corrected chi connectivity index (χ4v) is 3.39. The Morgan fingerprint density at radius 3 is 2.52 bits per heavy atom. The number of benzene rings is 1. The van der Waals surface area contributed by atoms with Crippen molar-refractivity contribution in [3.63, 3.8) is 0 Å². The number of amides is 2. The fourth-order valence-electron chi connectivity index (χ4n) is 3.39. The van der Waals surface area contributed by atoms with Crippen molar-refractivity contribution in [2.45, 2.75) is 39.7 Å². The number of rotatable bonds is 6. The van der Waals surface area contributed by atoms with E-state index in [-0.39, 0.29) is 24.2 Å². The molecule has 1 N–H and O–H groups in total. The first-order chi connectivity index (χ1) is 12.1. The largest absolute Gasteiger partial charge is 0.467 e. The Balaban J connectivity index is 1.73. The molecule has 1 fully saturated rings. The summed E-state index contributed by atoms with van der Waals surface area (Å²) >= 11 is 0. The van der Waals surface area contributed by atoms with Crippen molar-refractivity contribution in [2.24, 2.45) is 5.92 Å². The van der Waals surface area contributed by atoms with Crippen LogP contribution in [-0.2, 0) is 29.0 Å². The normalized spacial score (nSPS) is 17.1. The van der Waals surface area contributed by atoms with E-state index in [1.807, 2.05) is 12.1 Å². The molecule has 2 heterocycles. The summed E-state index contributed by atoms with van der Waals surface area (Å²) in [5.41, 5.74) is 3.31. The maximum atomic E-state index is 12.6. The van der Waals surface area contributed by atoms with Gasteiger partial charge in [0.25, 0.3) is 0 Å². The number of aryl methyl sites for hydroxylation is 2. The van der Waals surface area contributed by atoms with Gasteiger partial charge in [0.2, 0.25) is 11.8 Å². The molecule has 1 atom stereocenters. The lowest BCUT2D eigenvalue weighted by Gasteiger charge is -2.23. The second-order valence-electron chi connectivity index (χ2n) is 6.33. The van der Waals surface area contributed by atoms with Gasteiger partial charge in [-0.2, -0.15) is 0 Å². The van der Waals surface area contributed by atoms with Crippen LogP contribution in [0.4, 0.5) is 5.69 Å². The van der Waals surface area contributed by atoms with Gasteiger partial charge in [0.1, 0.15) is 5.76 Å². The van der Waals surface area contributed by atoms with E-state index in [1.54, 1.807) is 17.2 Å². The minimum Gasteiger partial charge on any atom is -0.467 e. The number of hydrogen-bond acceptors (Lipinski definition) is 3. The Bertz CT molecular complexity index is 730. The Labute approximate surface area is 148 Å². The van der Waals surface area contributed by atoms with Gasteiger partial charge in [0, 0.05) is 18.7 Å². The van der Waals surface area contributed by atoms with Gasteiger partial charge >= 0.3 is 0 Å². The zero-order valence-electron chi connectivity index (χ0n) is 14.7. The van der Waals surface area contributed by atoms with Crippen LogP contribution in [0.1, 0.15) is 37.2 Å². The van der Waals surface area contributed by atoms with Crippen molar-refractivity contribution in [1.82, 2.24) is 5.32 Å². The van der Waals surface area contributed by atoms with Crippen LogP contribution in [0.3, 0.4) is 0 Å². The summed E-state index contributed by atoms with van der Waals surface area (Å²) in [5, 5.41) is 2.87. The first kappa shape index (κ1) is 17.3.